The number of nitrogens with zero attached hydrogens (tertiary/aromatic N) is 1. The Hall–Kier alpha value is -1.09. The minimum Gasteiger partial charge on any atom is -0.432 e. The van der Waals surface area contributed by atoms with Gasteiger partial charge in [0.25, 0.3) is 5.17 Å². The minimum absolute atomic E-state index is 0.612. The van der Waals surface area contributed by atoms with Gasteiger partial charge in [0.15, 0.2) is 0 Å². The first-order valence-corrected chi connectivity index (χ1v) is 5.79. The minimum atomic E-state index is 0.612. The molecular weight excluding hydrogens is 206 g/mol. The summed E-state index contributed by atoms with van der Waals surface area (Å²) in [6.07, 6.45) is 3.75. The highest BCUT2D eigenvalue weighted by atomic mass is 32.1. The topological polar surface area (TPSA) is 12.5 Å². The van der Waals surface area contributed by atoms with Crippen molar-refractivity contribution in [1.29, 1.82) is 0 Å². The number of hydrogen-bond donors (Lipinski definition) is 0. The second kappa shape index (κ2) is 5.12. The molecule has 0 bridgehead atoms. The van der Waals surface area contributed by atoms with Crippen LogP contribution in [0.25, 0.3) is 0 Å². The van der Waals surface area contributed by atoms with Gasteiger partial charge in [-0.25, -0.2) is 0 Å². The molecule has 0 saturated carbocycles. The van der Waals surface area contributed by atoms with Gasteiger partial charge in [-0.05, 0) is 43.6 Å². The molecule has 0 amide bonds. The fourth-order valence-corrected chi connectivity index (χ4v) is 2.01. The third-order valence-corrected chi connectivity index (χ3v) is 2.90. The molecule has 1 aromatic carbocycles. The number of likely N-dealkylation sites (tertiary alicyclic amines) is 1. The number of benzene rings is 1. The van der Waals surface area contributed by atoms with Crippen LogP contribution in [-0.2, 0) is 0 Å². The molecule has 3 heteroatoms. The maximum Gasteiger partial charge on any atom is 0.264 e. The van der Waals surface area contributed by atoms with Crippen molar-refractivity contribution in [2.75, 3.05) is 13.1 Å². The van der Waals surface area contributed by atoms with Crippen LogP contribution in [0.2, 0.25) is 0 Å². The van der Waals surface area contributed by atoms with E-state index in [2.05, 4.69) is 4.90 Å². The monoisotopic (exact) mass is 221 g/mol. The van der Waals surface area contributed by atoms with Gasteiger partial charge >= 0.3 is 0 Å². The first-order chi connectivity index (χ1) is 7.36. The van der Waals surface area contributed by atoms with Crippen molar-refractivity contribution < 1.29 is 4.74 Å². The second-order valence-corrected chi connectivity index (χ2v) is 4.08. The Bertz CT molecular complexity index is 320. The van der Waals surface area contributed by atoms with Crippen molar-refractivity contribution in [2.24, 2.45) is 0 Å². The van der Waals surface area contributed by atoms with Crippen LogP contribution in [0.3, 0.4) is 0 Å². The predicted octanol–water partition coefficient (Wildman–Crippen LogP) is 2.84. The maximum absolute atomic E-state index is 5.61. The molecule has 1 fully saturated rings. The van der Waals surface area contributed by atoms with Crippen LogP contribution in [0.4, 0.5) is 0 Å². The highest BCUT2D eigenvalue weighted by Crippen LogP contribution is 2.14. The average Bonchev–Trinajstić information content (AvgIpc) is 2.31. The highest BCUT2D eigenvalue weighted by Gasteiger charge is 2.14. The number of hydrogen-bond acceptors (Lipinski definition) is 2. The van der Waals surface area contributed by atoms with E-state index in [9.17, 15) is 0 Å². The maximum atomic E-state index is 5.61. The summed E-state index contributed by atoms with van der Waals surface area (Å²) in [5.41, 5.74) is 0. The van der Waals surface area contributed by atoms with Crippen LogP contribution in [0.1, 0.15) is 19.3 Å². The fourth-order valence-electron chi connectivity index (χ4n) is 1.73. The summed E-state index contributed by atoms with van der Waals surface area (Å²) in [5.74, 6) is 0.827. The summed E-state index contributed by atoms with van der Waals surface area (Å²) in [4.78, 5) is 2.14. The Morgan fingerprint density at radius 3 is 2.40 bits per heavy atom. The van der Waals surface area contributed by atoms with E-state index in [0.29, 0.717) is 5.17 Å². The number of para-hydroxylation sites is 1. The molecule has 0 unspecified atom stereocenters. The van der Waals surface area contributed by atoms with E-state index in [-0.39, 0.29) is 0 Å². The molecule has 2 nitrogen and oxygen atoms in total. The lowest BCUT2D eigenvalue weighted by Crippen LogP contribution is -2.37. The molecule has 1 aromatic rings. The smallest absolute Gasteiger partial charge is 0.264 e. The van der Waals surface area contributed by atoms with Crippen LogP contribution in [0.15, 0.2) is 30.3 Å². The summed E-state index contributed by atoms with van der Waals surface area (Å²) in [7, 11) is 0. The molecule has 15 heavy (non-hydrogen) atoms. The lowest BCUT2D eigenvalue weighted by atomic mass is 10.1. The van der Waals surface area contributed by atoms with E-state index in [1.165, 1.54) is 19.3 Å². The summed E-state index contributed by atoms with van der Waals surface area (Å²) < 4.78 is 5.61. The van der Waals surface area contributed by atoms with Crippen LogP contribution < -0.4 is 4.74 Å². The molecule has 0 aliphatic carbocycles. The van der Waals surface area contributed by atoms with Crippen molar-refractivity contribution in [3.63, 3.8) is 0 Å². The van der Waals surface area contributed by atoms with E-state index in [1.54, 1.807) is 0 Å². The second-order valence-electron chi connectivity index (χ2n) is 3.73. The van der Waals surface area contributed by atoms with Crippen molar-refractivity contribution in [1.82, 2.24) is 4.90 Å². The van der Waals surface area contributed by atoms with Crippen molar-refractivity contribution >= 4 is 17.4 Å². The van der Waals surface area contributed by atoms with Gasteiger partial charge in [-0.3, -0.25) is 0 Å². The molecule has 1 heterocycles. The number of thiocarbonyl (C=S) groups is 1. The van der Waals surface area contributed by atoms with E-state index >= 15 is 0 Å². The van der Waals surface area contributed by atoms with Crippen LogP contribution in [0, 0.1) is 0 Å². The van der Waals surface area contributed by atoms with Gasteiger partial charge in [-0.1, -0.05) is 18.2 Å². The van der Waals surface area contributed by atoms with Gasteiger partial charge < -0.3 is 9.64 Å². The lowest BCUT2D eigenvalue weighted by molar-refractivity contribution is 0.300. The third kappa shape index (κ3) is 2.93. The van der Waals surface area contributed by atoms with Crippen molar-refractivity contribution in [2.45, 2.75) is 19.3 Å². The van der Waals surface area contributed by atoms with E-state index in [0.717, 1.165) is 18.8 Å². The number of piperidine rings is 1. The standard InChI is InChI=1S/C12H15NOS/c15-12(13-9-5-2-6-10-13)14-11-7-3-1-4-8-11/h1,3-4,7-8H,2,5-6,9-10H2. The third-order valence-electron chi connectivity index (χ3n) is 2.56. The van der Waals surface area contributed by atoms with E-state index in [4.69, 9.17) is 17.0 Å². The first-order valence-electron chi connectivity index (χ1n) is 5.38. The lowest BCUT2D eigenvalue weighted by Gasteiger charge is -2.28. The number of ether oxygens (including phenoxy) is 1. The molecule has 1 aliphatic heterocycles. The van der Waals surface area contributed by atoms with Gasteiger partial charge in [0.05, 0.1) is 0 Å². The Morgan fingerprint density at radius 2 is 1.73 bits per heavy atom. The summed E-state index contributed by atoms with van der Waals surface area (Å²) in [6.45, 7) is 2.07. The van der Waals surface area contributed by atoms with E-state index in [1.807, 2.05) is 30.3 Å². The molecular formula is C12H15NOS. The molecule has 1 saturated heterocycles. The summed E-state index contributed by atoms with van der Waals surface area (Å²) in [6, 6.07) is 9.73. The largest absolute Gasteiger partial charge is 0.432 e. The molecule has 0 radical (unpaired) electrons. The van der Waals surface area contributed by atoms with Gasteiger partial charge in [0.2, 0.25) is 0 Å². The summed E-state index contributed by atoms with van der Waals surface area (Å²) in [5, 5.41) is 0.612. The first kappa shape index (κ1) is 10.4. The van der Waals surface area contributed by atoms with Crippen molar-refractivity contribution in [3.05, 3.63) is 30.3 Å². The predicted molar refractivity (Wildman–Crippen MR) is 65.1 cm³/mol. The highest BCUT2D eigenvalue weighted by molar-refractivity contribution is 7.80. The van der Waals surface area contributed by atoms with Crippen molar-refractivity contribution in [3.8, 4) is 5.75 Å². The molecule has 0 aromatic heterocycles. The quantitative estimate of drug-likeness (QED) is 0.677. The van der Waals surface area contributed by atoms with Crippen LogP contribution in [0.5, 0.6) is 5.75 Å². The molecule has 0 atom stereocenters. The fraction of sp³-hybridized carbons (Fsp3) is 0.417. The number of rotatable bonds is 1. The van der Waals surface area contributed by atoms with Crippen LogP contribution >= 0.6 is 12.2 Å². The SMILES string of the molecule is S=C(Oc1ccccc1)N1CCCCC1. The molecule has 80 valence electrons. The zero-order valence-electron chi connectivity index (χ0n) is 8.69. The Kier molecular flexibility index (Phi) is 3.56. The van der Waals surface area contributed by atoms with Gasteiger partial charge in [-0.2, -0.15) is 0 Å². The van der Waals surface area contributed by atoms with Gasteiger partial charge in [-0.15, -0.1) is 0 Å². The zero-order chi connectivity index (χ0) is 10.5. The molecule has 0 N–H and O–H groups in total. The van der Waals surface area contributed by atoms with Gasteiger partial charge in [0, 0.05) is 13.1 Å². The van der Waals surface area contributed by atoms with E-state index < -0.39 is 0 Å². The normalized spacial score (nSPS) is 16.1. The van der Waals surface area contributed by atoms with Crippen LogP contribution in [-0.4, -0.2) is 23.2 Å². The Morgan fingerprint density at radius 1 is 1.07 bits per heavy atom. The Labute approximate surface area is 95.8 Å². The molecule has 0 spiro atoms. The Balaban J connectivity index is 1.91. The zero-order valence-corrected chi connectivity index (χ0v) is 9.50. The van der Waals surface area contributed by atoms with Gasteiger partial charge in [0.1, 0.15) is 5.75 Å². The summed E-state index contributed by atoms with van der Waals surface area (Å²) >= 11 is 5.26. The molecule has 1 aliphatic rings. The average molecular weight is 221 g/mol. The molecule has 2 rings (SSSR count).